The number of hydrogen-bond donors (Lipinski definition) is 3. The molecule has 0 aromatic rings. The molecule has 30 heavy (non-hydrogen) atoms. The van der Waals surface area contributed by atoms with E-state index in [2.05, 4.69) is 0 Å². The van der Waals surface area contributed by atoms with Gasteiger partial charge in [-0.15, -0.1) is 0 Å². The minimum absolute atomic E-state index is 0.0332. The van der Waals surface area contributed by atoms with Crippen molar-refractivity contribution in [2.24, 2.45) is 17.6 Å². The molecule has 0 rings (SSSR count). The lowest BCUT2D eigenvalue weighted by atomic mass is 9.86. The van der Waals surface area contributed by atoms with Gasteiger partial charge in [0.25, 0.3) is 0 Å². The molecular weight excluding hydrogens is 388 g/mol. The Labute approximate surface area is 181 Å². The highest BCUT2D eigenvalue weighted by molar-refractivity contribution is 5.69. The van der Waals surface area contributed by atoms with Crippen molar-refractivity contribution in [2.75, 3.05) is 14.2 Å². The van der Waals surface area contributed by atoms with Crippen LogP contribution in [-0.4, -0.2) is 72.1 Å². The molecule has 0 radical (unpaired) electrons. The molecule has 8 nitrogen and oxygen atoms in total. The fraction of sp³-hybridized carbons (Fsp3) is 0.818. The first kappa shape index (κ1) is 28.5. The molecule has 7 atom stereocenters. The number of ether oxygens (including phenoxy) is 2. The first-order chi connectivity index (χ1) is 14.1. The van der Waals surface area contributed by atoms with Crippen molar-refractivity contribution in [1.82, 2.24) is 4.90 Å². The molecule has 0 saturated heterocycles. The summed E-state index contributed by atoms with van der Waals surface area (Å²) in [5.74, 6) is -0.479. The van der Waals surface area contributed by atoms with Crippen LogP contribution in [0.5, 0.6) is 0 Å². The van der Waals surface area contributed by atoms with Crippen molar-refractivity contribution in [3.05, 3.63) is 12.3 Å². The molecule has 0 aromatic carbocycles. The van der Waals surface area contributed by atoms with Crippen LogP contribution in [0.2, 0.25) is 0 Å². The highest BCUT2D eigenvalue weighted by atomic mass is 16.5. The third kappa shape index (κ3) is 10.5. The van der Waals surface area contributed by atoms with Gasteiger partial charge in [0.05, 0.1) is 18.3 Å². The molecule has 0 fully saturated rings. The van der Waals surface area contributed by atoms with Crippen LogP contribution in [-0.2, 0) is 19.1 Å². The fourth-order valence-electron chi connectivity index (χ4n) is 3.39. The Morgan fingerprint density at radius 3 is 2.33 bits per heavy atom. The van der Waals surface area contributed by atoms with E-state index >= 15 is 0 Å². The maximum atomic E-state index is 12.0. The Bertz CT molecular complexity index is 516. The highest BCUT2D eigenvalue weighted by Crippen LogP contribution is 2.26. The Kier molecular flexibility index (Phi) is 14.6. The monoisotopic (exact) mass is 430 g/mol. The third-order valence-electron chi connectivity index (χ3n) is 5.52. The van der Waals surface area contributed by atoms with Gasteiger partial charge in [-0.1, -0.05) is 33.8 Å². The van der Waals surface area contributed by atoms with Crippen LogP contribution in [0.4, 0.5) is 0 Å². The Balaban J connectivity index is 5.21. The summed E-state index contributed by atoms with van der Waals surface area (Å²) < 4.78 is 11.4. The number of aliphatic hydroxyl groups is 2. The molecule has 0 aromatic heterocycles. The van der Waals surface area contributed by atoms with Gasteiger partial charge in [-0.2, -0.15) is 0 Å². The number of aliphatic hydroxyl groups excluding tert-OH is 2. The average molecular weight is 431 g/mol. The third-order valence-corrected chi connectivity index (χ3v) is 5.52. The molecule has 4 N–H and O–H groups in total. The molecule has 8 heteroatoms. The lowest BCUT2D eigenvalue weighted by Gasteiger charge is -2.33. The van der Waals surface area contributed by atoms with Crippen molar-refractivity contribution in [3.63, 3.8) is 0 Å². The van der Waals surface area contributed by atoms with Crippen LogP contribution in [0.3, 0.4) is 0 Å². The zero-order chi connectivity index (χ0) is 23.3. The number of carbonyl (C=O) groups excluding carboxylic acids is 2. The topological polar surface area (TPSA) is 122 Å². The fourth-order valence-corrected chi connectivity index (χ4v) is 3.39. The molecule has 0 spiro atoms. The summed E-state index contributed by atoms with van der Waals surface area (Å²) in [6.07, 6.45) is 4.11. The standard InChI is InChI=1S/C22H42N2O6/c1-7-17(26)13-19(27)18(23)9-10-20(30-21(28)8-2)16(4)22(29-6)15(3)11-12-24(5)14-25/h11-12,14-20,22,26-27H,7-10,13,23H2,1-6H3/b12-11+/t15-,16+,17-,18+,19+,20-,22-/m1/s1. The summed E-state index contributed by atoms with van der Waals surface area (Å²) in [7, 11) is 3.25. The van der Waals surface area contributed by atoms with E-state index in [1.165, 1.54) is 4.90 Å². The van der Waals surface area contributed by atoms with Gasteiger partial charge >= 0.3 is 5.97 Å². The maximum Gasteiger partial charge on any atom is 0.305 e. The number of carbonyl (C=O) groups is 2. The van der Waals surface area contributed by atoms with Crippen molar-refractivity contribution in [3.8, 4) is 0 Å². The number of nitrogens with zero attached hydrogens (tertiary/aromatic N) is 1. The quantitative estimate of drug-likeness (QED) is 0.252. The summed E-state index contributed by atoms with van der Waals surface area (Å²) >= 11 is 0. The van der Waals surface area contributed by atoms with E-state index < -0.39 is 24.4 Å². The minimum atomic E-state index is -0.822. The maximum absolute atomic E-state index is 12.0. The lowest BCUT2D eigenvalue weighted by Crippen LogP contribution is -2.41. The predicted molar refractivity (Wildman–Crippen MR) is 116 cm³/mol. The zero-order valence-electron chi connectivity index (χ0n) is 19.4. The first-order valence-corrected chi connectivity index (χ1v) is 10.8. The molecular formula is C22H42N2O6. The van der Waals surface area contributed by atoms with E-state index in [0.29, 0.717) is 25.7 Å². The van der Waals surface area contributed by atoms with Gasteiger partial charge in [0.2, 0.25) is 6.41 Å². The van der Waals surface area contributed by atoms with Gasteiger partial charge < -0.3 is 30.3 Å². The number of methoxy groups -OCH3 is 1. The second-order valence-corrected chi connectivity index (χ2v) is 8.02. The van der Waals surface area contributed by atoms with Gasteiger partial charge in [-0.3, -0.25) is 9.59 Å². The van der Waals surface area contributed by atoms with Gasteiger partial charge in [0.15, 0.2) is 0 Å². The predicted octanol–water partition coefficient (Wildman–Crippen LogP) is 1.83. The Morgan fingerprint density at radius 2 is 1.83 bits per heavy atom. The molecule has 0 saturated carbocycles. The van der Waals surface area contributed by atoms with Gasteiger partial charge in [0, 0.05) is 51.1 Å². The minimum Gasteiger partial charge on any atom is -0.462 e. The summed E-state index contributed by atoms with van der Waals surface area (Å²) in [6.45, 7) is 7.51. The molecule has 0 aliphatic rings. The van der Waals surface area contributed by atoms with E-state index in [4.69, 9.17) is 15.2 Å². The smallest absolute Gasteiger partial charge is 0.305 e. The van der Waals surface area contributed by atoms with Crippen LogP contribution < -0.4 is 5.73 Å². The Hall–Kier alpha value is -1.48. The van der Waals surface area contributed by atoms with E-state index in [-0.39, 0.29) is 36.8 Å². The van der Waals surface area contributed by atoms with Crippen molar-refractivity contribution in [2.45, 2.75) is 90.3 Å². The van der Waals surface area contributed by atoms with E-state index in [9.17, 15) is 19.8 Å². The second-order valence-electron chi connectivity index (χ2n) is 8.02. The van der Waals surface area contributed by atoms with Crippen LogP contribution >= 0.6 is 0 Å². The molecule has 0 unspecified atom stereocenters. The summed E-state index contributed by atoms with van der Waals surface area (Å²) in [4.78, 5) is 24.2. The molecule has 0 aliphatic carbocycles. The molecule has 0 heterocycles. The number of amides is 1. The number of nitrogens with two attached hydrogens (primary N) is 1. The summed E-state index contributed by atoms with van der Waals surface area (Å²) in [5, 5.41) is 20.0. The van der Waals surface area contributed by atoms with Crippen LogP contribution in [0, 0.1) is 11.8 Å². The Morgan fingerprint density at radius 1 is 1.20 bits per heavy atom. The number of rotatable bonds is 16. The first-order valence-electron chi connectivity index (χ1n) is 10.8. The van der Waals surface area contributed by atoms with E-state index in [1.54, 1.807) is 27.3 Å². The summed E-state index contributed by atoms with van der Waals surface area (Å²) in [5.41, 5.74) is 6.11. The van der Waals surface area contributed by atoms with Gasteiger partial charge in [0.1, 0.15) is 6.10 Å². The van der Waals surface area contributed by atoms with Crippen molar-refractivity contribution < 1.29 is 29.3 Å². The SMILES string of the molecule is CCC(=O)O[C@H](CC[C@H](N)[C@@H](O)C[C@H](O)CC)[C@H](C)[C@H](OC)[C@H](C)/C=C/N(C)C=O. The second kappa shape index (κ2) is 15.3. The largest absolute Gasteiger partial charge is 0.462 e. The van der Waals surface area contributed by atoms with E-state index in [0.717, 1.165) is 0 Å². The normalized spacial score (nSPS) is 18.8. The van der Waals surface area contributed by atoms with E-state index in [1.807, 2.05) is 26.8 Å². The lowest BCUT2D eigenvalue weighted by molar-refractivity contribution is -0.155. The molecule has 1 amide bonds. The number of esters is 1. The van der Waals surface area contributed by atoms with Gasteiger partial charge in [-0.25, -0.2) is 0 Å². The van der Waals surface area contributed by atoms with Crippen molar-refractivity contribution in [1.29, 1.82) is 0 Å². The zero-order valence-corrected chi connectivity index (χ0v) is 19.4. The molecule has 0 bridgehead atoms. The average Bonchev–Trinajstić information content (AvgIpc) is 2.74. The highest BCUT2D eigenvalue weighted by Gasteiger charge is 2.32. The summed E-state index contributed by atoms with van der Waals surface area (Å²) in [6, 6.07) is -0.527. The molecule has 0 aliphatic heterocycles. The van der Waals surface area contributed by atoms with Crippen LogP contribution in [0.15, 0.2) is 12.3 Å². The van der Waals surface area contributed by atoms with Crippen LogP contribution in [0.25, 0.3) is 0 Å². The van der Waals surface area contributed by atoms with Crippen molar-refractivity contribution >= 4 is 12.4 Å². The van der Waals surface area contributed by atoms with Crippen LogP contribution in [0.1, 0.15) is 59.8 Å². The van der Waals surface area contributed by atoms with Gasteiger partial charge in [-0.05, 0) is 19.3 Å². The molecule has 176 valence electrons. The number of hydrogen-bond acceptors (Lipinski definition) is 7.